The molecule has 0 saturated carbocycles. The second kappa shape index (κ2) is 12.0. The Labute approximate surface area is 225 Å². The molecule has 0 aliphatic carbocycles. The summed E-state index contributed by atoms with van der Waals surface area (Å²) < 4.78 is 69.8. The molecular weight excluding hydrogens is 558 g/mol. The van der Waals surface area contributed by atoms with E-state index in [9.17, 15) is 22.6 Å². The smallest absolute Gasteiger partial charge is 0.422 e. The number of phosphoric ester groups is 1. The van der Waals surface area contributed by atoms with Crippen LogP contribution in [0.1, 0.15) is 22.5 Å². The van der Waals surface area contributed by atoms with Crippen LogP contribution in [0.2, 0.25) is 0 Å². The molecule has 0 bridgehead atoms. The zero-order chi connectivity index (χ0) is 28.9. The van der Waals surface area contributed by atoms with Crippen molar-refractivity contribution in [2.75, 3.05) is 12.3 Å². The van der Waals surface area contributed by atoms with Crippen LogP contribution >= 0.6 is 7.82 Å². The number of aromatic nitrogens is 4. The van der Waals surface area contributed by atoms with E-state index in [2.05, 4.69) is 19.6 Å². The van der Waals surface area contributed by atoms with Gasteiger partial charge in [-0.2, -0.15) is 13.2 Å². The molecule has 4 heterocycles. The molecule has 0 aromatic carbocycles. The van der Waals surface area contributed by atoms with Gasteiger partial charge in [-0.1, -0.05) is 11.2 Å². The molecule has 1 unspecified atom stereocenters. The number of ether oxygens (including phenoxy) is 2. The minimum atomic E-state index is -4.93. The number of phosphoric acid groups is 1. The molecule has 0 aliphatic rings. The van der Waals surface area contributed by atoms with E-state index in [4.69, 9.17) is 24.6 Å². The summed E-state index contributed by atoms with van der Waals surface area (Å²) in [6.07, 6.45) is 0.292. The Morgan fingerprint density at radius 1 is 1.20 bits per heavy atom. The minimum absolute atomic E-state index is 0.0255. The number of nitrogen functional groups attached to an aromatic ring is 1. The quantitative estimate of drug-likeness (QED) is 0.197. The van der Waals surface area contributed by atoms with Crippen LogP contribution in [0.4, 0.5) is 19.0 Å². The number of nitrogens with zero attached hydrogens (tertiary/aromatic N) is 4. The summed E-state index contributed by atoms with van der Waals surface area (Å²) >= 11 is 0. The third-order valence-electron chi connectivity index (χ3n) is 5.49. The Hall–Kier alpha value is -4.04. The van der Waals surface area contributed by atoms with Crippen LogP contribution < -0.4 is 24.7 Å². The zero-order valence-corrected chi connectivity index (χ0v) is 21.8. The van der Waals surface area contributed by atoms with E-state index in [0.29, 0.717) is 34.7 Å². The summed E-state index contributed by atoms with van der Waals surface area (Å²) in [5.41, 5.74) is 8.70. The van der Waals surface area contributed by atoms with E-state index in [1.807, 2.05) is 0 Å². The van der Waals surface area contributed by atoms with Crippen molar-refractivity contribution >= 4 is 13.6 Å². The lowest BCUT2D eigenvalue weighted by molar-refractivity contribution is -0.713. The van der Waals surface area contributed by atoms with Crippen LogP contribution in [0.15, 0.2) is 59.5 Å². The first-order valence-corrected chi connectivity index (χ1v) is 13.0. The first kappa shape index (κ1) is 29.0. The lowest BCUT2D eigenvalue weighted by atomic mass is 10.1. The predicted molar refractivity (Wildman–Crippen MR) is 129 cm³/mol. The number of halogens is 3. The molecule has 4 rings (SSSR count). The maximum atomic E-state index is 12.5. The van der Waals surface area contributed by atoms with Gasteiger partial charge in [0.05, 0.1) is 17.6 Å². The van der Waals surface area contributed by atoms with Crippen LogP contribution in [0.25, 0.3) is 11.3 Å². The minimum Gasteiger partial charge on any atom is -0.756 e. The highest BCUT2D eigenvalue weighted by Gasteiger charge is 2.29. The summed E-state index contributed by atoms with van der Waals surface area (Å²) in [4.78, 5) is 28.1. The maximum Gasteiger partial charge on any atom is 0.422 e. The maximum absolute atomic E-state index is 12.5. The van der Waals surface area contributed by atoms with Crippen molar-refractivity contribution < 1.29 is 50.6 Å². The molecule has 4 aromatic heterocycles. The van der Waals surface area contributed by atoms with Crippen LogP contribution in [-0.2, 0) is 28.8 Å². The van der Waals surface area contributed by atoms with Crippen molar-refractivity contribution in [1.29, 1.82) is 0 Å². The van der Waals surface area contributed by atoms with Gasteiger partial charge in [0.2, 0.25) is 5.88 Å². The predicted octanol–water partition coefficient (Wildman–Crippen LogP) is 2.86. The van der Waals surface area contributed by atoms with Crippen molar-refractivity contribution in [2.45, 2.75) is 32.9 Å². The SMILES string of the molecule is Cc1c(OCC(F)(F)F)ccnc1COc1ccc(Cc2cc(-c3ccc[n+](COP(=O)([O-])O)c3N)on2)cn1. The molecule has 0 amide bonds. The standard InChI is InChI=1S/C24H23F3N5O7P/c1-15-19(29-7-6-20(15)37-13-24(25,26)27)12-36-22-5-4-16(11-30-22)9-17-10-21(39-31-17)18-3-2-8-32(23(18)28)14-38-40(33,34)35/h2-8,10-11,28H,9,12-14H2,1H3,(H2,33,34,35). The third-order valence-corrected chi connectivity index (χ3v) is 5.93. The molecule has 12 nitrogen and oxygen atoms in total. The highest BCUT2D eigenvalue weighted by atomic mass is 31.2. The van der Waals surface area contributed by atoms with Gasteiger partial charge in [0.15, 0.2) is 19.1 Å². The molecule has 4 aromatic rings. The van der Waals surface area contributed by atoms with Gasteiger partial charge < -0.3 is 23.8 Å². The van der Waals surface area contributed by atoms with E-state index in [1.54, 1.807) is 43.5 Å². The zero-order valence-electron chi connectivity index (χ0n) is 20.9. The average molecular weight is 581 g/mol. The highest BCUT2D eigenvalue weighted by molar-refractivity contribution is 7.44. The van der Waals surface area contributed by atoms with Crippen molar-refractivity contribution in [3.63, 3.8) is 0 Å². The Kier molecular flexibility index (Phi) is 8.69. The number of rotatable bonds is 11. The van der Waals surface area contributed by atoms with Crippen LogP contribution in [0.5, 0.6) is 11.6 Å². The molecule has 3 N–H and O–H groups in total. The number of alkyl halides is 3. The molecule has 1 atom stereocenters. The second-order valence-electron chi connectivity index (χ2n) is 8.44. The van der Waals surface area contributed by atoms with E-state index in [0.717, 1.165) is 5.56 Å². The number of pyridine rings is 3. The summed E-state index contributed by atoms with van der Waals surface area (Å²) in [6.45, 7) is -0.358. The summed E-state index contributed by atoms with van der Waals surface area (Å²) in [5.74, 6) is 0.805. The van der Waals surface area contributed by atoms with E-state index < -0.39 is 27.3 Å². The van der Waals surface area contributed by atoms with E-state index in [1.165, 1.54) is 23.0 Å². The van der Waals surface area contributed by atoms with Crippen molar-refractivity contribution in [1.82, 2.24) is 15.1 Å². The summed E-state index contributed by atoms with van der Waals surface area (Å²) in [5, 5.41) is 4.04. The van der Waals surface area contributed by atoms with Gasteiger partial charge in [-0.15, -0.1) is 0 Å². The fourth-order valence-electron chi connectivity index (χ4n) is 3.51. The second-order valence-corrected chi connectivity index (χ2v) is 9.64. The van der Waals surface area contributed by atoms with Crippen LogP contribution in [0.3, 0.4) is 0 Å². The molecule has 40 heavy (non-hydrogen) atoms. The number of nitrogens with two attached hydrogens (primary N) is 1. The number of hydrogen-bond acceptors (Lipinski definition) is 10. The van der Waals surface area contributed by atoms with Gasteiger partial charge in [0, 0.05) is 36.5 Å². The first-order chi connectivity index (χ1) is 18.9. The number of hydrogen-bond donors (Lipinski definition) is 2. The Balaban J connectivity index is 1.36. The van der Waals surface area contributed by atoms with Crippen molar-refractivity contribution in [2.24, 2.45) is 0 Å². The average Bonchev–Trinajstić information content (AvgIpc) is 3.35. The van der Waals surface area contributed by atoms with E-state index in [-0.39, 0.29) is 24.1 Å². The van der Waals surface area contributed by atoms with Gasteiger partial charge in [-0.25, -0.2) is 9.55 Å². The largest absolute Gasteiger partial charge is 0.756 e. The van der Waals surface area contributed by atoms with Crippen molar-refractivity contribution in [3.05, 3.63) is 77.5 Å². The van der Waals surface area contributed by atoms with Gasteiger partial charge in [0.25, 0.3) is 13.6 Å². The Bertz CT molecular complexity index is 1510. The lowest BCUT2D eigenvalue weighted by Gasteiger charge is -2.14. The normalized spacial score (nSPS) is 13.2. The highest BCUT2D eigenvalue weighted by Crippen LogP contribution is 2.31. The third kappa shape index (κ3) is 7.99. The molecular formula is C24H23F3N5O7P. The fraction of sp³-hybridized carbons (Fsp3) is 0.250. The summed E-state index contributed by atoms with van der Waals surface area (Å²) in [6, 6.07) is 9.65. The van der Waals surface area contributed by atoms with Crippen LogP contribution in [-0.4, -0.2) is 32.8 Å². The van der Waals surface area contributed by atoms with Gasteiger partial charge in [-0.3, -0.25) is 19.8 Å². The van der Waals surface area contributed by atoms with Gasteiger partial charge in [-0.05, 0) is 30.7 Å². The monoisotopic (exact) mass is 581 g/mol. The Morgan fingerprint density at radius 2 is 2.00 bits per heavy atom. The lowest BCUT2D eigenvalue weighted by Crippen LogP contribution is -2.38. The topological polar surface area (TPSA) is 170 Å². The molecule has 16 heteroatoms. The molecule has 0 aliphatic heterocycles. The fourth-order valence-corrected chi connectivity index (χ4v) is 3.78. The molecule has 0 radical (unpaired) electrons. The Morgan fingerprint density at radius 3 is 2.70 bits per heavy atom. The molecule has 212 valence electrons. The van der Waals surface area contributed by atoms with Crippen LogP contribution in [0, 0.1) is 6.92 Å². The molecule has 0 saturated heterocycles. The van der Waals surface area contributed by atoms with Gasteiger partial charge >= 0.3 is 6.18 Å². The molecule has 0 spiro atoms. The van der Waals surface area contributed by atoms with Crippen molar-refractivity contribution in [3.8, 4) is 23.0 Å². The van der Waals surface area contributed by atoms with Gasteiger partial charge in [0.1, 0.15) is 17.9 Å². The first-order valence-electron chi connectivity index (χ1n) is 11.5. The molecule has 0 fully saturated rings. The summed E-state index contributed by atoms with van der Waals surface area (Å²) in [7, 11) is -4.93. The van der Waals surface area contributed by atoms with E-state index >= 15 is 0 Å². The number of anilines is 1.